The van der Waals surface area contributed by atoms with Crippen molar-refractivity contribution in [2.75, 3.05) is 11.9 Å². The molecule has 3 rings (SSSR count). The van der Waals surface area contributed by atoms with Crippen LogP contribution in [0.3, 0.4) is 0 Å². The van der Waals surface area contributed by atoms with Crippen LogP contribution < -0.4 is 22.5 Å². The van der Waals surface area contributed by atoms with E-state index in [9.17, 15) is 0 Å². The Morgan fingerprint density at radius 1 is 1.05 bits per heavy atom. The Morgan fingerprint density at radius 2 is 1.90 bits per heavy atom. The van der Waals surface area contributed by atoms with Crippen molar-refractivity contribution < 1.29 is 17.1 Å². The molecule has 0 radical (unpaired) electrons. The largest absolute Gasteiger partial charge is 1.00 e. The lowest BCUT2D eigenvalue weighted by molar-refractivity contribution is -0.00000469. The average molecular weight is 301 g/mol. The molecular weight excluding hydrogens is 286 g/mol. The van der Waals surface area contributed by atoms with Crippen LogP contribution >= 0.6 is 0 Å². The number of ether oxygens (including phenoxy) is 1. The minimum atomic E-state index is 0. The van der Waals surface area contributed by atoms with Crippen LogP contribution in [0.1, 0.15) is 6.92 Å². The van der Waals surface area contributed by atoms with Gasteiger partial charge in [-0.1, -0.05) is 18.2 Å². The molecule has 0 spiro atoms. The maximum absolute atomic E-state index is 5.50. The van der Waals surface area contributed by atoms with E-state index < -0.39 is 0 Å². The van der Waals surface area contributed by atoms with Gasteiger partial charge in [0.15, 0.2) is 0 Å². The average Bonchev–Trinajstić information content (AvgIpc) is 2.48. The van der Waals surface area contributed by atoms with Crippen molar-refractivity contribution in [3.05, 3.63) is 54.9 Å². The van der Waals surface area contributed by atoms with E-state index in [-0.39, 0.29) is 12.4 Å². The van der Waals surface area contributed by atoms with Gasteiger partial charge >= 0.3 is 0 Å². The highest BCUT2D eigenvalue weighted by molar-refractivity contribution is 5.90. The first kappa shape index (κ1) is 15.1. The van der Waals surface area contributed by atoms with Crippen LogP contribution in [0.2, 0.25) is 0 Å². The maximum atomic E-state index is 5.50. The second-order valence-corrected chi connectivity index (χ2v) is 4.33. The monoisotopic (exact) mass is 300 g/mol. The lowest BCUT2D eigenvalue weighted by Gasteiger charge is -2.09. The second kappa shape index (κ2) is 6.90. The lowest BCUT2D eigenvalue weighted by atomic mass is 10.2. The summed E-state index contributed by atoms with van der Waals surface area (Å²) in [6.07, 6.45) is 1.57. The number of para-hydroxylation sites is 1. The number of nitrogens with one attached hydrogen (secondary N) is 1. The van der Waals surface area contributed by atoms with Crippen LogP contribution in [0.25, 0.3) is 10.9 Å². The van der Waals surface area contributed by atoms with Gasteiger partial charge in [0.2, 0.25) is 0 Å². The molecule has 1 N–H and O–H groups in total. The summed E-state index contributed by atoms with van der Waals surface area (Å²) in [4.78, 5) is 8.57. The number of aromatic nitrogens is 2. The molecule has 0 fully saturated rings. The van der Waals surface area contributed by atoms with E-state index in [1.54, 1.807) is 6.33 Å². The van der Waals surface area contributed by atoms with Gasteiger partial charge < -0.3 is 22.5 Å². The number of anilines is 2. The number of halogens is 1. The molecule has 4 nitrogen and oxygen atoms in total. The smallest absolute Gasteiger partial charge is 0.141 e. The standard InChI is InChI=1S/C16H15N3O.ClH/c1-2-20-13-7-5-6-12(10-13)19-16-14-8-3-4-9-15(14)17-11-18-16;/h3-11H,2H2,1H3,(H,17,18,19);1H/p-1. The minimum absolute atomic E-state index is 0. The normalized spacial score (nSPS) is 9.95. The molecule has 0 unspecified atom stereocenters. The van der Waals surface area contributed by atoms with E-state index in [1.807, 2.05) is 55.5 Å². The van der Waals surface area contributed by atoms with Crippen LogP contribution in [0.5, 0.6) is 5.75 Å². The molecule has 0 aliphatic heterocycles. The van der Waals surface area contributed by atoms with E-state index in [1.165, 1.54) is 0 Å². The van der Waals surface area contributed by atoms with Crippen LogP contribution in [-0.2, 0) is 0 Å². The van der Waals surface area contributed by atoms with Gasteiger partial charge in [-0.05, 0) is 31.2 Å². The highest BCUT2D eigenvalue weighted by Crippen LogP contribution is 2.24. The Bertz CT molecular complexity index is 728. The maximum Gasteiger partial charge on any atom is 0.141 e. The van der Waals surface area contributed by atoms with Crippen molar-refractivity contribution in [3.63, 3.8) is 0 Å². The summed E-state index contributed by atoms with van der Waals surface area (Å²) in [5.74, 6) is 1.64. The molecule has 1 aromatic heterocycles. The lowest BCUT2D eigenvalue weighted by Crippen LogP contribution is -3.00. The van der Waals surface area contributed by atoms with Crippen LogP contribution in [0.15, 0.2) is 54.9 Å². The highest BCUT2D eigenvalue weighted by Gasteiger charge is 2.03. The van der Waals surface area contributed by atoms with E-state index >= 15 is 0 Å². The fraction of sp³-hybridized carbons (Fsp3) is 0.125. The third kappa shape index (κ3) is 3.41. The summed E-state index contributed by atoms with van der Waals surface area (Å²) in [6.45, 7) is 2.62. The molecule has 5 heteroatoms. The number of hydrogen-bond acceptors (Lipinski definition) is 4. The molecule has 0 aliphatic rings. The van der Waals surface area contributed by atoms with Gasteiger partial charge in [0.25, 0.3) is 0 Å². The molecule has 0 atom stereocenters. The van der Waals surface area contributed by atoms with E-state index in [0.717, 1.165) is 28.2 Å². The van der Waals surface area contributed by atoms with Crippen LogP contribution in [-0.4, -0.2) is 16.6 Å². The number of nitrogens with zero attached hydrogens (tertiary/aromatic N) is 2. The summed E-state index contributed by atoms with van der Waals surface area (Å²) in [5.41, 5.74) is 1.87. The molecular formula is C16H15ClN3O-. The van der Waals surface area contributed by atoms with Gasteiger partial charge in [0.05, 0.1) is 12.1 Å². The quantitative estimate of drug-likeness (QED) is 0.773. The van der Waals surface area contributed by atoms with Crippen molar-refractivity contribution in [1.29, 1.82) is 0 Å². The zero-order chi connectivity index (χ0) is 13.8. The Balaban J connectivity index is 0.00000161. The van der Waals surface area contributed by atoms with Crippen molar-refractivity contribution in [2.24, 2.45) is 0 Å². The minimum Gasteiger partial charge on any atom is -1.00 e. The molecule has 0 bridgehead atoms. The Kier molecular flexibility index (Phi) is 4.95. The first-order chi connectivity index (χ1) is 9.86. The topological polar surface area (TPSA) is 47.0 Å². The molecule has 0 amide bonds. The summed E-state index contributed by atoms with van der Waals surface area (Å²) >= 11 is 0. The van der Waals surface area contributed by atoms with Gasteiger partial charge in [0, 0.05) is 17.1 Å². The van der Waals surface area contributed by atoms with E-state index in [4.69, 9.17) is 4.74 Å². The van der Waals surface area contributed by atoms with E-state index in [2.05, 4.69) is 15.3 Å². The van der Waals surface area contributed by atoms with Crippen molar-refractivity contribution in [1.82, 2.24) is 9.97 Å². The summed E-state index contributed by atoms with van der Waals surface area (Å²) in [5, 5.41) is 4.31. The fourth-order valence-electron chi connectivity index (χ4n) is 2.07. The number of rotatable bonds is 4. The van der Waals surface area contributed by atoms with Gasteiger partial charge in [-0.2, -0.15) is 0 Å². The Morgan fingerprint density at radius 3 is 2.76 bits per heavy atom. The van der Waals surface area contributed by atoms with Crippen molar-refractivity contribution >= 4 is 22.4 Å². The predicted molar refractivity (Wildman–Crippen MR) is 80.4 cm³/mol. The molecule has 108 valence electrons. The zero-order valence-electron chi connectivity index (χ0n) is 11.6. The molecule has 3 aromatic rings. The van der Waals surface area contributed by atoms with Crippen molar-refractivity contribution in [2.45, 2.75) is 6.92 Å². The number of fused-ring (bicyclic) bond motifs is 1. The Hall–Kier alpha value is -2.33. The summed E-state index contributed by atoms with van der Waals surface area (Å²) in [6, 6.07) is 15.8. The van der Waals surface area contributed by atoms with Crippen molar-refractivity contribution in [3.8, 4) is 5.75 Å². The summed E-state index contributed by atoms with van der Waals surface area (Å²) < 4.78 is 5.50. The SMILES string of the molecule is CCOc1cccc(Nc2ncnc3ccccc23)c1.[Cl-]. The molecule has 21 heavy (non-hydrogen) atoms. The first-order valence-electron chi connectivity index (χ1n) is 6.56. The summed E-state index contributed by atoms with van der Waals surface area (Å²) in [7, 11) is 0. The van der Waals surface area contributed by atoms with Gasteiger partial charge in [0.1, 0.15) is 17.9 Å². The first-order valence-corrected chi connectivity index (χ1v) is 6.56. The third-order valence-electron chi connectivity index (χ3n) is 2.95. The molecule has 2 aromatic carbocycles. The highest BCUT2D eigenvalue weighted by atomic mass is 35.5. The molecule has 0 saturated heterocycles. The fourth-order valence-corrected chi connectivity index (χ4v) is 2.07. The molecule has 0 saturated carbocycles. The number of hydrogen-bond donors (Lipinski definition) is 1. The van der Waals surface area contributed by atoms with Gasteiger partial charge in [-0.25, -0.2) is 9.97 Å². The Labute approximate surface area is 129 Å². The van der Waals surface area contributed by atoms with Crippen LogP contribution in [0, 0.1) is 0 Å². The zero-order valence-corrected chi connectivity index (χ0v) is 12.3. The predicted octanol–water partition coefficient (Wildman–Crippen LogP) is 0.776. The third-order valence-corrected chi connectivity index (χ3v) is 2.95. The second-order valence-electron chi connectivity index (χ2n) is 4.33. The van der Waals surface area contributed by atoms with Gasteiger partial charge in [-0.3, -0.25) is 0 Å². The molecule has 0 aliphatic carbocycles. The van der Waals surface area contributed by atoms with E-state index in [0.29, 0.717) is 6.61 Å². The van der Waals surface area contributed by atoms with Gasteiger partial charge in [-0.15, -0.1) is 0 Å². The van der Waals surface area contributed by atoms with Crippen LogP contribution in [0.4, 0.5) is 11.5 Å². The molecule has 1 heterocycles. The number of benzene rings is 2.